The van der Waals surface area contributed by atoms with Gasteiger partial charge in [0.15, 0.2) is 17.3 Å². The van der Waals surface area contributed by atoms with E-state index in [9.17, 15) is 5.11 Å². The van der Waals surface area contributed by atoms with Gasteiger partial charge in [0.25, 0.3) is 0 Å². The molecule has 6 nitrogen and oxygen atoms in total. The van der Waals surface area contributed by atoms with Gasteiger partial charge in [-0.2, -0.15) is 5.10 Å². The Labute approximate surface area is 147 Å². The minimum atomic E-state index is -0.0915. The number of hydrogen-bond acceptors (Lipinski definition) is 7. The zero-order chi connectivity index (χ0) is 17.3. The zero-order valence-electron chi connectivity index (χ0n) is 13.3. The molecule has 0 spiro atoms. The van der Waals surface area contributed by atoms with E-state index in [4.69, 9.17) is 16.3 Å². The van der Waals surface area contributed by atoms with Crippen molar-refractivity contribution < 1.29 is 9.84 Å². The predicted molar refractivity (Wildman–Crippen MR) is 97.8 cm³/mol. The molecule has 2 aromatic heterocycles. The quantitative estimate of drug-likeness (QED) is 0.539. The summed E-state index contributed by atoms with van der Waals surface area (Å²) < 4.78 is 5.07. The van der Waals surface area contributed by atoms with Gasteiger partial charge in [-0.3, -0.25) is 5.43 Å². The zero-order valence-corrected chi connectivity index (χ0v) is 14.9. The van der Waals surface area contributed by atoms with Crippen LogP contribution >= 0.6 is 22.9 Å². The Hall–Kier alpha value is -2.38. The molecule has 0 saturated heterocycles. The van der Waals surface area contributed by atoms with Crippen molar-refractivity contribution in [1.82, 2.24) is 9.97 Å². The second-order valence-electron chi connectivity index (χ2n) is 5.11. The van der Waals surface area contributed by atoms with Crippen molar-refractivity contribution in [2.45, 2.75) is 13.8 Å². The lowest BCUT2D eigenvalue weighted by Crippen LogP contribution is -1.96. The molecule has 2 heterocycles. The van der Waals surface area contributed by atoms with Gasteiger partial charge in [-0.25, -0.2) is 9.97 Å². The number of aromatic nitrogens is 2. The molecule has 3 aromatic rings. The third-order valence-electron chi connectivity index (χ3n) is 3.62. The van der Waals surface area contributed by atoms with Gasteiger partial charge in [-0.1, -0.05) is 11.6 Å². The van der Waals surface area contributed by atoms with E-state index in [1.54, 1.807) is 29.7 Å². The fourth-order valence-electron chi connectivity index (χ4n) is 2.26. The Morgan fingerprint density at radius 3 is 2.88 bits per heavy atom. The SMILES string of the molecule is COc1cc(/C=N/Nc2ncnc3sc(C)c(C)c23)cc(Cl)c1O. The van der Waals surface area contributed by atoms with Crippen LogP contribution in [-0.2, 0) is 0 Å². The summed E-state index contributed by atoms with van der Waals surface area (Å²) in [5, 5.41) is 15.1. The summed E-state index contributed by atoms with van der Waals surface area (Å²) in [6, 6.07) is 3.24. The van der Waals surface area contributed by atoms with Gasteiger partial charge in [0.05, 0.1) is 23.7 Å². The van der Waals surface area contributed by atoms with Crippen molar-refractivity contribution in [3.8, 4) is 11.5 Å². The maximum Gasteiger partial charge on any atom is 0.176 e. The van der Waals surface area contributed by atoms with E-state index >= 15 is 0 Å². The van der Waals surface area contributed by atoms with Crippen LogP contribution in [0.3, 0.4) is 0 Å². The number of nitrogens with one attached hydrogen (secondary N) is 1. The molecule has 124 valence electrons. The first-order chi connectivity index (χ1) is 11.5. The number of hydrogen-bond donors (Lipinski definition) is 2. The van der Waals surface area contributed by atoms with Gasteiger partial charge in [-0.05, 0) is 37.1 Å². The third kappa shape index (κ3) is 3.00. The third-order valence-corrected chi connectivity index (χ3v) is 5.02. The Balaban J connectivity index is 1.89. The van der Waals surface area contributed by atoms with E-state index in [2.05, 4.69) is 27.4 Å². The monoisotopic (exact) mass is 362 g/mol. The standard InChI is InChI=1S/C16H15ClN4O2S/c1-8-9(2)24-16-13(8)15(18-7-19-16)21-20-6-10-4-11(17)14(22)12(5-10)23-3/h4-7,22H,1-3H3,(H,18,19,21)/b20-6+. The number of aryl methyl sites for hydroxylation is 2. The number of methoxy groups -OCH3 is 1. The average Bonchev–Trinajstić information content (AvgIpc) is 2.86. The number of hydrazone groups is 1. The second-order valence-corrected chi connectivity index (χ2v) is 6.72. The van der Waals surface area contributed by atoms with Gasteiger partial charge < -0.3 is 9.84 Å². The smallest absolute Gasteiger partial charge is 0.176 e. The highest BCUT2D eigenvalue weighted by molar-refractivity contribution is 7.18. The summed E-state index contributed by atoms with van der Waals surface area (Å²) in [4.78, 5) is 10.7. The Kier molecular flexibility index (Phi) is 4.55. The molecular formula is C16H15ClN4O2S. The molecule has 0 unspecified atom stereocenters. The van der Waals surface area contributed by atoms with Crippen molar-refractivity contribution in [1.29, 1.82) is 0 Å². The minimum absolute atomic E-state index is 0.0915. The van der Waals surface area contributed by atoms with Crippen LogP contribution in [0, 0.1) is 13.8 Å². The van der Waals surface area contributed by atoms with E-state index < -0.39 is 0 Å². The number of thiophene rings is 1. The molecule has 2 N–H and O–H groups in total. The van der Waals surface area contributed by atoms with E-state index in [0.29, 0.717) is 11.4 Å². The van der Waals surface area contributed by atoms with Crippen molar-refractivity contribution in [3.63, 3.8) is 0 Å². The molecule has 0 saturated carbocycles. The molecule has 0 radical (unpaired) electrons. The summed E-state index contributed by atoms with van der Waals surface area (Å²) in [6.07, 6.45) is 3.09. The number of rotatable bonds is 4. The number of fused-ring (bicyclic) bond motifs is 1. The van der Waals surface area contributed by atoms with Gasteiger partial charge in [0.1, 0.15) is 11.2 Å². The van der Waals surface area contributed by atoms with Gasteiger partial charge in [-0.15, -0.1) is 11.3 Å². The number of ether oxygens (including phenoxy) is 1. The summed E-state index contributed by atoms with van der Waals surface area (Å²) in [5.41, 5.74) is 4.77. The van der Waals surface area contributed by atoms with Crippen LogP contribution in [0.5, 0.6) is 11.5 Å². The molecule has 0 amide bonds. The predicted octanol–water partition coefficient (Wildman–Crippen LogP) is 4.12. The van der Waals surface area contributed by atoms with Crippen LogP contribution in [0.15, 0.2) is 23.6 Å². The van der Waals surface area contributed by atoms with Gasteiger partial charge in [0, 0.05) is 4.88 Å². The highest BCUT2D eigenvalue weighted by Gasteiger charge is 2.11. The number of nitrogens with zero attached hydrogens (tertiary/aromatic N) is 3. The molecule has 3 rings (SSSR count). The van der Waals surface area contributed by atoms with Crippen LogP contribution in [0.2, 0.25) is 5.02 Å². The highest BCUT2D eigenvalue weighted by Crippen LogP contribution is 2.35. The highest BCUT2D eigenvalue weighted by atomic mass is 35.5. The molecule has 1 aromatic carbocycles. The molecule has 8 heteroatoms. The lowest BCUT2D eigenvalue weighted by Gasteiger charge is -2.06. The summed E-state index contributed by atoms with van der Waals surface area (Å²) in [6.45, 7) is 4.09. The Morgan fingerprint density at radius 1 is 1.33 bits per heavy atom. The number of phenols is 1. The molecule has 24 heavy (non-hydrogen) atoms. The Morgan fingerprint density at radius 2 is 2.12 bits per heavy atom. The average molecular weight is 363 g/mol. The van der Waals surface area contributed by atoms with E-state index in [-0.39, 0.29) is 16.5 Å². The minimum Gasteiger partial charge on any atom is -0.503 e. The number of phenolic OH excluding ortho intramolecular Hbond substituents is 1. The lowest BCUT2D eigenvalue weighted by atomic mass is 10.2. The molecular weight excluding hydrogens is 348 g/mol. The molecule has 0 aliphatic rings. The first kappa shape index (κ1) is 16.5. The van der Waals surface area contributed by atoms with Crippen LogP contribution in [-0.4, -0.2) is 28.4 Å². The van der Waals surface area contributed by atoms with Crippen LogP contribution in [0.1, 0.15) is 16.0 Å². The summed E-state index contributed by atoms with van der Waals surface area (Å²) in [7, 11) is 1.46. The van der Waals surface area contributed by atoms with E-state index in [1.165, 1.54) is 18.3 Å². The van der Waals surface area contributed by atoms with Gasteiger partial charge in [0.2, 0.25) is 0 Å². The number of benzene rings is 1. The molecule has 0 aliphatic heterocycles. The van der Waals surface area contributed by atoms with E-state index in [0.717, 1.165) is 15.8 Å². The first-order valence-corrected chi connectivity index (χ1v) is 8.27. The number of anilines is 1. The van der Waals surface area contributed by atoms with Crippen LogP contribution in [0.4, 0.5) is 5.82 Å². The summed E-state index contributed by atoms with van der Waals surface area (Å²) in [5.74, 6) is 0.846. The van der Waals surface area contributed by atoms with Crippen molar-refractivity contribution in [2.24, 2.45) is 5.10 Å². The number of aromatic hydroxyl groups is 1. The lowest BCUT2D eigenvalue weighted by molar-refractivity contribution is 0.373. The fourth-order valence-corrected chi connectivity index (χ4v) is 3.48. The first-order valence-electron chi connectivity index (χ1n) is 7.07. The molecule has 0 aliphatic carbocycles. The molecule has 0 bridgehead atoms. The Bertz CT molecular complexity index is 939. The van der Waals surface area contributed by atoms with Crippen molar-refractivity contribution in [3.05, 3.63) is 39.5 Å². The van der Waals surface area contributed by atoms with Gasteiger partial charge >= 0.3 is 0 Å². The maximum atomic E-state index is 9.74. The summed E-state index contributed by atoms with van der Waals surface area (Å²) >= 11 is 7.59. The van der Waals surface area contributed by atoms with Crippen molar-refractivity contribution >= 4 is 45.2 Å². The largest absolute Gasteiger partial charge is 0.503 e. The number of halogens is 1. The van der Waals surface area contributed by atoms with Crippen LogP contribution < -0.4 is 10.2 Å². The normalized spacial score (nSPS) is 11.3. The second kappa shape index (κ2) is 6.62. The molecule has 0 atom stereocenters. The fraction of sp³-hybridized carbons (Fsp3) is 0.188. The topological polar surface area (TPSA) is 79.6 Å². The van der Waals surface area contributed by atoms with E-state index in [1.807, 2.05) is 6.92 Å². The molecule has 0 fully saturated rings. The maximum absolute atomic E-state index is 9.74. The van der Waals surface area contributed by atoms with Crippen molar-refractivity contribution in [2.75, 3.05) is 12.5 Å². The van der Waals surface area contributed by atoms with Crippen LogP contribution in [0.25, 0.3) is 10.2 Å².